The lowest BCUT2D eigenvalue weighted by molar-refractivity contribution is -0.127. The molecule has 1 saturated carbocycles. The third kappa shape index (κ3) is 5.24. The standard InChI is InChI=1S/C16H31N3O2/c1-14(19-10-8-18(9-11-19)12-13-20)16(21)17-15-6-4-2-3-5-7-15/h14-15,20H,2-13H2,1H3,(H,17,21)/t14-/m1/s1. The second kappa shape index (κ2) is 8.71. The van der Waals surface area contributed by atoms with E-state index < -0.39 is 0 Å². The van der Waals surface area contributed by atoms with Gasteiger partial charge in [0.1, 0.15) is 0 Å². The minimum Gasteiger partial charge on any atom is -0.395 e. The van der Waals surface area contributed by atoms with Crippen molar-refractivity contribution in [2.75, 3.05) is 39.3 Å². The highest BCUT2D eigenvalue weighted by atomic mass is 16.3. The van der Waals surface area contributed by atoms with Crippen molar-refractivity contribution in [3.63, 3.8) is 0 Å². The van der Waals surface area contributed by atoms with Gasteiger partial charge >= 0.3 is 0 Å². The summed E-state index contributed by atoms with van der Waals surface area (Å²) in [6, 6.07) is 0.350. The van der Waals surface area contributed by atoms with Crippen molar-refractivity contribution in [2.45, 2.75) is 57.5 Å². The van der Waals surface area contributed by atoms with Crippen molar-refractivity contribution in [3.05, 3.63) is 0 Å². The Labute approximate surface area is 128 Å². The molecule has 0 spiro atoms. The molecule has 0 bridgehead atoms. The molecule has 1 atom stereocenters. The Morgan fingerprint density at radius 3 is 2.33 bits per heavy atom. The van der Waals surface area contributed by atoms with Crippen LogP contribution in [0.2, 0.25) is 0 Å². The molecule has 1 saturated heterocycles. The Morgan fingerprint density at radius 2 is 1.76 bits per heavy atom. The Bertz CT molecular complexity index is 309. The number of amides is 1. The number of hydrogen-bond acceptors (Lipinski definition) is 4. The molecule has 5 nitrogen and oxygen atoms in total. The van der Waals surface area contributed by atoms with E-state index in [-0.39, 0.29) is 18.6 Å². The van der Waals surface area contributed by atoms with Crippen LogP contribution in [0, 0.1) is 0 Å². The number of carbonyl (C=O) groups is 1. The van der Waals surface area contributed by atoms with Gasteiger partial charge < -0.3 is 10.4 Å². The van der Waals surface area contributed by atoms with Crippen molar-refractivity contribution in [1.82, 2.24) is 15.1 Å². The highest BCUT2D eigenvalue weighted by Crippen LogP contribution is 2.17. The van der Waals surface area contributed by atoms with E-state index in [0.717, 1.165) is 45.6 Å². The number of hydrogen-bond donors (Lipinski definition) is 2. The largest absolute Gasteiger partial charge is 0.395 e. The van der Waals surface area contributed by atoms with E-state index in [2.05, 4.69) is 15.1 Å². The molecule has 2 aliphatic rings. The summed E-state index contributed by atoms with van der Waals surface area (Å²) in [6.45, 7) is 6.71. The summed E-state index contributed by atoms with van der Waals surface area (Å²) in [5.41, 5.74) is 0. The molecule has 0 unspecified atom stereocenters. The number of nitrogens with zero attached hydrogens (tertiary/aromatic N) is 2. The fourth-order valence-electron chi connectivity index (χ4n) is 3.43. The molecule has 21 heavy (non-hydrogen) atoms. The van der Waals surface area contributed by atoms with Crippen LogP contribution in [0.4, 0.5) is 0 Å². The molecule has 0 radical (unpaired) electrons. The minimum absolute atomic E-state index is 0.0375. The van der Waals surface area contributed by atoms with Gasteiger partial charge in [0.2, 0.25) is 5.91 Å². The van der Waals surface area contributed by atoms with Crippen molar-refractivity contribution in [1.29, 1.82) is 0 Å². The maximum absolute atomic E-state index is 12.4. The third-order valence-corrected chi connectivity index (χ3v) is 4.95. The van der Waals surface area contributed by atoms with E-state index in [1.54, 1.807) is 0 Å². The first-order valence-corrected chi connectivity index (χ1v) is 8.58. The number of aliphatic hydroxyl groups is 1. The Kier molecular flexibility index (Phi) is 6.93. The SMILES string of the molecule is C[C@H](C(=O)NC1CCCCCC1)N1CCN(CCO)CC1. The Hall–Kier alpha value is -0.650. The zero-order chi connectivity index (χ0) is 15.1. The highest BCUT2D eigenvalue weighted by Gasteiger charge is 2.26. The van der Waals surface area contributed by atoms with E-state index in [0.29, 0.717) is 6.04 Å². The Morgan fingerprint density at radius 1 is 1.14 bits per heavy atom. The molecule has 5 heteroatoms. The summed E-state index contributed by atoms with van der Waals surface area (Å²) >= 11 is 0. The first-order valence-electron chi connectivity index (χ1n) is 8.58. The zero-order valence-corrected chi connectivity index (χ0v) is 13.4. The Balaban J connectivity index is 1.74. The van der Waals surface area contributed by atoms with Crippen LogP contribution in [0.15, 0.2) is 0 Å². The van der Waals surface area contributed by atoms with Gasteiger partial charge in [-0.2, -0.15) is 0 Å². The average Bonchev–Trinajstić information content (AvgIpc) is 2.76. The van der Waals surface area contributed by atoms with Crippen LogP contribution >= 0.6 is 0 Å². The summed E-state index contributed by atoms with van der Waals surface area (Å²) in [5.74, 6) is 0.192. The maximum Gasteiger partial charge on any atom is 0.237 e. The fraction of sp³-hybridized carbons (Fsp3) is 0.938. The molecule has 122 valence electrons. The number of β-amino-alcohol motifs (C(OH)–C–C–N with tert-alkyl or cyclic N) is 1. The van der Waals surface area contributed by atoms with Gasteiger partial charge in [-0.3, -0.25) is 14.6 Å². The topological polar surface area (TPSA) is 55.8 Å². The number of aliphatic hydroxyl groups excluding tert-OH is 1. The van der Waals surface area contributed by atoms with Crippen LogP contribution in [-0.2, 0) is 4.79 Å². The summed E-state index contributed by atoms with van der Waals surface area (Å²) < 4.78 is 0. The van der Waals surface area contributed by atoms with Crippen LogP contribution in [0.25, 0.3) is 0 Å². The second-order valence-corrected chi connectivity index (χ2v) is 6.47. The lowest BCUT2D eigenvalue weighted by atomic mass is 10.1. The molecule has 0 aromatic heterocycles. The quantitative estimate of drug-likeness (QED) is 0.738. The first-order chi connectivity index (χ1) is 10.2. The van der Waals surface area contributed by atoms with Gasteiger partial charge in [0, 0.05) is 38.8 Å². The van der Waals surface area contributed by atoms with E-state index >= 15 is 0 Å². The van der Waals surface area contributed by atoms with E-state index in [4.69, 9.17) is 5.11 Å². The molecule has 0 aromatic rings. The van der Waals surface area contributed by atoms with Crippen LogP contribution in [0.1, 0.15) is 45.4 Å². The van der Waals surface area contributed by atoms with Gasteiger partial charge in [0.25, 0.3) is 0 Å². The fourth-order valence-corrected chi connectivity index (χ4v) is 3.43. The summed E-state index contributed by atoms with van der Waals surface area (Å²) in [6.07, 6.45) is 7.41. The smallest absolute Gasteiger partial charge is 0.237 e. The zero-order valence-electron chi connectivity index (χ0n) is 13.4. The van der Waals surface area contributed by atoms with E-state index in [9.17, 15) is 4.79 Å². The minimum atomic E-state index is -0.0375. The van der Waals surface area contributed by atoms with Crippen molar-refractivity contribution in [3.8, 4) is 0 Å². The van der Waals surface area contributed by atoms with Gasteiger partial charge in [-0.25, -0.2) is 0 Å². The van der Waals surface area contributed by atoms with Gasteiger partial charge in [-0.05, 0) is 19.8 Å². The number of piperazine rings is 1. The van der Waals surface area contributed by atoms with Crippen molar-refractivity contribution in [2.24, 2.45) is 0 Å². The lowest BCUT2D eigenvalue weighted by Gasteiger charge is -2.37. The summed E-state index contributed by atoms with van der Waals surface area (Å²) in [4.78, 5) is 16.9. The molecule has 2 fully saturated rings. The normalized spacial score (nSPS) is 24.5. The van der Waals surface area contributed by atoms with Crippen molar-refractivity contribution < 1.29 is 9.90 Å². The van der Waals surface area contributed by atoms with E-state index in [1.807, 2.05) is 6.92 Å². The average molecular weight is 297 g/mol. The molecular formula is C16H31N3O2. The van der Waals surface area contributed by atoms with Crippen LogP contribution in [0.5, 0.6) is 0 Å². The molecule has 2 N–H and O–H groups in total. The summed E-state index contributed by atoms with van der Waals surface area (Å²) in [7, 11) is 0. The second-order valence-electron chi connectivity index (χ2n) is 6.47. The van der Waals surface area contributed by atoms with E-state index in [1.165, 1.54) is 25.7 Å². The molecular weight excluding hydrogens is 266 g/mol. The number of carbonyl (C=O) groups excluding carboxylic acids is 1. The highest BCUT2D eigenvalue weighted by molar-refractivity contribution is 5.81. The molecule has 1 amide bonds. The first kappa shape index (κ1) is 16.7. The predicted octanol–water partition coefficient (Wildman–Crippen LogP) is 0.824. The van der Waals surface area contributed by atoms with Crippen LogP contribution in [-0.4, -0.2) is 72.2 Å². The van der Waals surface area contributed by atoms with Gasteiger partial charge in [-0.1, -0.05) is 25.7 Å². The number of rotatable bonds is 5. The van der Waals surface area contributed by atoms with Gasteiger partial charge in [-0.15, -0.1) is 0 Å². The summed E-state index contributed by atoms with van der Waals surface area (Å²) in [5, 5.41) is 12.2. The molecule has 2 rings (SSSR count). The van der Waals surface area contributed by atoms with Crippen LogP contribution in [0.3, 0.4) is 0 Å². The number of nitrogens with one attached hydrogen (secondary N) is 1. The molecule has 1 heterocycles. The van der Waals surface area contributed by atoms with Crippen molar-refractivity contribution >= 4 is 5.91 Å². The predicted molar refractivity (Wildman–Crippen MR) is 84.2 cm³/mol. The molecule has 1 aliphatic carbocycles. The third-order valence-electron chi connectivity index (χ3n) is 4.95. The van der Waals surface area contributed by atoms with Crippen LogP contribution < -0.4 is 5.32 Å². The van der Waals surface area contributed by atoms with Gasteiger partial charge in [0.15, 0.2) is 0 Å². The molecule has 0 aromatic carbocycles. The monoisotopic (exact) mass is 297 g/mol. The maximum atomic E-state index is 12.4. The molecule has 1 aliphatic heterocycles. The lowest BCUT2D eigenvalue weighted by Crippen LogP contribution is -2.55. The van der Waals surface area contributed by atoms with Gasteiger partial charge in [0.05, 0.1) is 12.6 Å².